The van der Waals surface area contributed by atoms with Crippen LogP contribution >= 0.6 is 0 Å². The van der Waals surface area contributed by atoms with E-state index in [1.54, 1.807) is 30.3 Å². The van der Waals surface area contributed by atoms with Crippen LogP contribution in [0.25, 0.3) is 0 Å². The normalized spacial score (nSPS) is 18.0. The second kappa shape index (κ2) is 7.69. The standard InChI is InChI=1S/C16H20N4O4/c17-11(9-13(18)21)16(24)20-8-4-7-12(20)15(23)19-14(22)10-5-2-1-3-6-10/h1-3,5-6,11-12H,4,7-9,17H2,(H2,18,21)(H,19,22,23)/t11-,12-/m0/s1. The minimum atomic E-state index is -1.08. The quantitative estimate of drug-likeness (QED) is 0.603. The van der Waals surface area contributed by atoms with Gasteiger partial charge in [0.15, 0.2) is 0 Å². The predicted octanol–water partition coefficient (Wildman–Crippen LogP) is -0.863. The van der Waals surface area contributed by atoms with E-state index in [9.17, 15) is 19.2 Å². The summed E-state index contributed by atoms with van der Waals surface area (Å²) in [5.41, 5.74) is 11.1. The van der Waals surface area contributed by atoms with E-state index in [4.69, 9.17) is 11.5 Å². The Labute approximate surface area is 139 Å². The van der Waals surface area contributed by atoms with Crippen LogP contribution in [0.3, 0.4) is 0 Å². The topological polar surface area (TPSA) is 136 Å². The van der Waals surface area contributed by atoms with E-state index in [1.807, 2.05) is 0 Å². The number of benzene rings is 1. The first-order valence-electron chi connectivity index (χ1n) is 7.64. The zero-order valence-electron chi connectivity index (χ0n) is 13.1. The summed E-state index contributed by atoms with van der Waals surface area (Å²) in [5, 5.41) is 2.30. The highest BCUT2D eigenvalue weighted by atomic mass is 16.2. The zero-order chi connectivity index (χ0) is 17.7. The van der Waals surface area contributed by atoms with Crippen LogP contribution in [0.5, 0.6) is 0 Å². The summed E-state index contributed by atoms with van der Waals surface area (Å²) in [6.45, 7) is 0.350. The highest BCUT2D eigenvalue weighted by molar-refractivity contribution is 6.07. The van der Waals surface area contributed by atoms with Gasteiger partial charge in [-0.2, -0.15) is 0 Å². The van der Waals surface area contributed by atoms with Gasteiger partial charge in [-0.05, 0) is 25.0 Å². The number of nitrogens with one attached hydrogen (secondary N) is 1. The Hall–Kier alpha value is -2.74. The van der Waals surface area contributed by atoms with Gasteiger partial charge in [0.05, 0.1) is 12.5 Å². The minimum absolute atomic E-state index is 0.285. The van der Waals surface area contributed by atoms with Gasteiger partial charge in [0.2, 0.25) is 17.7 Å². The lowest BCUT2D eigenvalue weighted by Crippen LogP contribution is -2.52. The van der Waals surface area contributed by atoms with Crippen molar-refractivity contribution in [1.29, 1.82) is 0 Å². The molecule has 4 amide bonds. The van der Waals surface area contributed by atoms with Crippen molar-refractivity contribution in [2.24, 2.45) is 11.5 Å². The smallest absolute Gasteiger partial charge is 0.257 e. The number of rotatable bonds is 5. The second-order valence-corrected chi connectivity index (χ2v) is 5.65. The van der Waals surface area contributed by atoms with E-state index < -0.39 is 35.7 Å². The molecule has 2 rings (SSSR count). The molecule has 0 unspecified atom stereocenters. The van der Waals surface area contributed by atoms with Crippen molar-refractivity contribution in [3.8, 4) is 0 Å². The Morgan fingerprint density at radius 3 is 2.50 bits per heavy atom. The fraction of sp³-hybridized carbons (Fsp3) is 0.375. The number of primary amides is 1. The maximum absolute atomic E-state index is 12.3. The number of imide groups is 1. The molecule has 1 fully saturated rings. The molecule has 0 saturated carbocycles. The molecule has 0 aliphatic carbocycles. The number of nitrogens with two attached hydrogens (primary N) is 2. The van der Waals surface area contributed by atoms with Crippen LogP contribution in [0.4, 0.5) is 0 Å². The Bertz CT molecular complexity index is 647. The molecule has 1 aromatic rings. The second-order valence-electron chi connectivity index (χ2n) is 5.65. The predicted molar refractivity (Wildman–Crippen MR) is 85.4 cm³/mol. The lowest BCUT2D eigenvalue weighted by Gasteiger charge is -2.26. The summed E-state index contributed by atoms with van der Waals surface area (Å²) >= 11 is 0. The largest absolute Gasteiger partial charge is 0.370 e. The number of carbonyl (C=O) groups is 4. The van der Waals surface area contributed by atoms with Gasteiger partial charge < -0.3 is 16.4 Å². The minimum Gasteiger partial charge on any atom is -0.370 e. The van der Waals surface area contributed by atoms with Crippen molar-refractivity contribution in [2.75, 3.05) is 6.54 Å². The molecule has 1 aliphatic heterocycles. The number of hydrogen-bond donors (Lipinski definition) is 3. The molecule has 5 N–H and O–H groups in total. The van der Waals surface area contributed by atoms with E-state index >= 15 is 0 Å². The molecule has 1 heterocycles. The molecule has 1 aromatic carbocycles. The van der Waals surface area contributed by atoms with Crippen LogP contribution in [0, 0.1) is 0 Å². The van der Waals surface area contributed by atoms with E-state index in [0.29, 0.717) is 24.9 Å². The average Bonchev–Trinajstić information content (AvgIpc) is 3.03. The maximum atomic E-state index is 12.3. The number of nitrogens with zero attached hydrogens (tertiary/aromatic N) is 1. The van der Waals surface area contributed by atoms with Gasteiger partial charge in [-0.15, -0.1) is 0 Å². The highest BCUT2D eigenvalue weighted by Gasteiger charge is 2.37. The van der Waals surface area contributed by atoms with Crippen molar-refractivity contribution >= 4 is 23.6 Å². The van der Waals surface area contributed by atoms with Gasteiger partial charge in [-0.3, -0.25) is 24.5 Å². The Balaban J connectivity index is 2.01. The molecule has 8 heteroatoms. The first-order chi connectivity index (χ1) is 11.4. The number of hydrogen-bond acceptors (Lipinski definition) is 5. The van der Waals surface area contributed by atoms with Crippen LogP contribution < -0.4 is 16.8 Å². The molecule has 0 radical (unpaired) electrons. The molecular formula is C16H20N4O4. The molecular weight excluding hydrogens is 312 g/mol. The van der Waals surface area contributed by atoms with Crippen molar-refractivity contribution in [3.05, 3.63) is 35.9 Å². The monoisotopic (exact) mass is 332 g/mol. The van der Waals surface area contributed by atoms with Gasteiger partial charge in [-0.1, -0.05) is 18.2 Å². The fourth-order valence-corrected chi connectivity index (χ4v) is 2.68. The molecule has 0 aromatic heterocycles. The van der Waals surface area contributed by atoms with Gasteiger partial charge in [0.1, 0.15) is 6.04 Å². The molecule has 2 atom stereocenters. The third-order valence-electron chi connectivity index (χ3n) is 3.85. The van der Waals surface area contributed by atoms with Crippen molar-refractivity contribution in [3.63, 3.8) is 0 Å². The van der Waals surface area contributed by atoms with Crippen LogP contribution in [-0.4, -0.2) is 47.2 Å². The molecule has 24 heavy (non-hydrogen) atoms. The maximum Gasteiger partial charge on any atom is 0.257 e. The highest BCUT2D eigenvalue weighted by Crippen LogP contribution is 2.19. The Morgan fingerprint density at radius 1 is 1.21 bits per heavy atom. The lowest BCUT2D eigenvalue weighted by molar-refractivity contribution is -0.140. The van der Waals surface area contributed by atoms with E-state index in [1.165, 1.54) is 4.90 Å². The van der Waals surface area contributed by atoms with E-state index in [0.717, 1.165) is 0 Å². The summed E-state index contributed by atoms with van der Waals surface area (Å²) in [6, 6.07) is 6.45. The number of likely N-dealkylation sites (tertiary alicyclic amines) is 1. The average molecular weight is 332 g/mol. The van der Waals surface area contributed by atoms with Crippen LogP contribution in [0.15, 0.2) is 30.3 Å². The summed E-state index contributed by atoms with van der Waals surface area (Å²) in [6.07, 6.45) is 0.766. The molecule has 128 valence electrons. The molecule has 1 aliphatic rings. The van der Waals surface area contributed by atoms with Gasteiger partial charge in [0, 0.05) is 12.1 Å². The van der Waals surface area contributed by atoms with Gasteiger partial charge in [0.25, 0.3) is 5.91 Å². The van der Waals surface area contributed by atoms with E-state index in [-0.39, 0.29) is 6.42 Å². The first kappa shape index (κ1) is 17.6. The Morgan fingerprint density at radius 2 is 1.88 bits per heavy atom. The number of amides is 4. The zero-order valence-corrected chi connectivity index (χ0v) is 13.1. The van der Waals surface area contributed by atoms with Crippen molar-refractivity contribution < 1.29 is 19.2 Å². The first-order valence-corrected chi connectivity index (χ1v) is 7.64. The fourth-order valence-electron chi connectivity index (χ4n) is 2.68. The molecule has 1 saturated heterocycles. The van der Waals surface area contributed by atoms with Crippen LogP contribution in [0.1, 0.15) is 29.6 Å². The summed E-state index contributed by atoms with van der Waals surface area (Å²) in [4.78, 5) is 48.9. The van der Waals surface area contributed by atoms with Crippen molar-refractivity contribution in [2.45, 2.75) is 31.3 Å². The third-order valence-corrected chi connectivity index (χ3v) is 3.85. The molecule has 0 spiro atoms. The van der Waals surface area contributed by atoms with E-state index in [2.05, 4.69) is 5.32 Å². The summed E-state index contributed by atoms with van der Waals surface area (Å²) in [7, 11) is 0. The molecule has 0 bridgehead atoms. The van der Waals surface area contributed by atoms with Crippen LogP contribution in [-0.2, 0) is 14.4 Å². The summed E-state index contributed by atoms with van der Waals surface area (Å²) < 4.78 is 0. The van der Waals surface area contributed by atoms with Crippen LogP contribution in [0.2, 0.25) is 0 Å². The Kier molecular flexibility index (Phi) is 5.64. The van der Waals surface area contributed by atoms with Gasteiger partial charge in [-0.25, -0.2) is 0 Å². The SMILES string of the molecule is NC(=O)C[C@H](N)C(=O)N1CCC[C@H]1C(=O)NC(=O)c1ccccc1. The third kappa shape index (κ3) is 4.17. The lowest BCUT2D eigenvalue weighted by atomic mass is 10.1. The summed E-state index contributed by atoms with van der Waals surface area (Å²) in [5.74, 6) is -2.28. The number of carbonyl (C=O) groups excluding carboxylic acids is 4. The van der Waals surface area contributed by atoms with Gasteiger partial charge >= 0.3 is 0 Å². The van der Waals surface area contributed by atoms with Crippen molar-refractivity contribution in [1.82, 2.24) is 10.2 Å². The molecule has 8 nitrogen and oxygen atoms in total.